The van der Waals surface area contributed by atoms with Gasteiger partial charge < -0.3 is 4.90 Å². The van der Waals surface area contributed by atoms with Gasteiger partial charge in [-0.2, -0.15) is 0 Å². The van der Waals surface area contributed by atoms with Crippen LogP contribution in [0.4, 0.5) is 10.1 Å². The standard InChI is InChI=1S/C22H16FN3O2S/c23-16-7-5-14(6-8-16)17-12-29-21-20(17)22(28)25(13-24-21)11-19(27)26-10-9-15-3-1-2-4-18(15)26/h1-8,12-13H,9-11H2. The zero-order valence-corrected chi connectivity index (χ0v) is 16.2. The predicted octanol–water partition coefficient (Wildman–Crippen LogP) is 3.85. The van der Waals surface area contributed by atoms with Crippen LogP contribution < -0.4 is 10.5 Å². The van der Waals surface area contributed by atoms with E-state index in [1.54, 1.807) is 17.0 Å². The Labute approximate surface area is 169 Å². The zero-order valence-electron chi connectivity index (χ0n) is 15.3. The molecule has 5 nitrogen and oxygen atoms in total. The molecule has 29 heavy (non-hydrogen) atoms. The van der Waals surface area contributed by atoms with Gasteiger partial charge in [-0.15, -0.1) is 11.3 Å². The topological polar surface area (TPSA) is 55.2 Å². The molecule has 4 aromatic rings. The number of nitrogens with zero attached hydrogens (tertiary/aromatic N) is 3. The molecule has 1 aliphatic heterocycles. The molecule has 0 N–H and O–H groups in total. The Hall–Kier alpha value is -3.32. The quantitative estimate of drug-likeness (QED) is 0.520. The number of amides is 1. The summed E-state index contributed by atoms with van der Waals surface area (Å²) in [5.41, 5.74) is 3.22. The Balaban J connectivity index is 1.51. The summed E-state index contributed by atoms with van der Waals surface area (Å²) in [5.74, 6) is -0.475. The number of rotatable bonds is 3. The lowest BCUT2D eigenvalue weighted by Crippen LogP contribution is -2.35. The Kier molecular flexibility index (Phi) is 4.24. The molecule has 0 spiro atoms. The van der Waals surface area contributed by atoms with Crippen molar-refractivity contribution < 1.29 is 9.18 Å². The number of anilines is 1. The van der Waals surface area contributed by atoms with Crippen molar-refractivity contribution in [2.24, 2.45) is 0 Å². The van der Waals surface area contributed by atoms with Crippen molar-refractivity contribution in [3.63, 3.8) is 0 Å². The summed E-state index contributed by atoms with van der Waals surface area (Å²) in [6.07, 6.45) is 2.24. The number of aromatic nitrogens is 2. The van der Waals surface area contributed by atoms with E-state index in [-0.39, 0.29) is 23.8 Å². The smallest absolute Gasteiger partial charge is 0.263 e. The highest BCUT2D eigenvalue weighted by atomic mass is 32.1. The Bertz CT molecular complexity index is 1290. The van der Waals surface area contributed by atoms with Gasteiger partial charge >= 0.3 is 0 Å². The van der Waals surface area contributed by atoms with E-state index in [9.17, 15) is 14.0 Å². The molecule has 3 heterocycles. The molecule has 0 radical (unpaired) electrons. The Morgan fingerprint density at radius 3 is 2.76 bits per heavy atom. The molecule has 2 aromatic heterocycles. The molecule has 144 valence electrons. The van der Waals surface area contributed by atoms with Crippen LogP contribution in [0.2, 0.25) is 0 Å². The molecule has 1 aliphatic rings. The number of carbonyl (C=O) groups excluding carboxylic acids is 1. The van der Waals surface area contributed by atoms with Crippen LogP contribution in [-0.2, 0) is 17.8 Å². The van der Waals surface area contributed by atoms with Crippen LogP contribution >= 0.6 is 11.3 Å². The molecule has 0 bridgehead atoms. The third kappa shape index (κ3) is 3.03. The van der Waals surface area contributed by atoms with Crippen molar-refractivity contribution >= 4 is 33.1 Å². The molecule has 5 rings (SSSR count). The van der Waals surface area contributed by atoms with Gasteiger partial charge in [-0.25, -0.2) is 9.37 Å². The van der Waals surface area contributed by atoms with E-state index in [0.29, 0.717) is 22.3 Å². The molecule has 0 aliphatic carbocycles. The highest BCUT2D eigenvalue weighted by Gasteiger charge is 2.25. The predicted molar refractivity (Wildman–Crippen MR) is 112 cm³/mol. The van der Waals surface area contributed by atoms with Crippen molar-refractivity contribution in [1.29, 1.82) is 0 Å². The molecule has 0 atom stereocenters. The summed E-state index contributed by atoms with van der Waals surface area (Å²) >= 11 is 1.36. The number of thiophene rings is 1. The van der Waals surface area contributed by atoms with Crippen LogP contribution in [0.5, 0.6) is 0 Å². The fourth-order valence-electron chi connectivity index (χ4n) is 3.75. The Morgan fingerprint density at radius 1 is 1.14 bits per heavy atom. The first-order valence-electron chi connectivity index (χ1n) is 9.22. The van der Waals surface area contributed by atoms with Gasteiger partial charge in [0.05, 0.1) is 11.7 Å². The SMILES string of the molecule is O=C(Cn1cnc2scc(-c3ccc(F)cc3)c2c1=O)N1CCc2ccccc21. The van der Waals surface area contributed by atoms with Crippen molar-refractivity contribution in [3.8, 4) is 11.1 Å². The lowest BCUT2D eigenvalue weighted by molar-refractivity contribution is -0.119. The van der Waals surface area contributed by atoms with Crippen LogP contribution in [-0.4, -0.2) is 22.0 Å². The average Bonchev–Trinajstić information content (AvgIpc) is 3.35. The van der Waals surface area contributed by atoms with Gasteiger partial charge in [0.2, 0.25) is 5.91 Å². The first kappa shape index (κ1) is 17.8. The van der Waals surface area contributed by atoms with Gasteiger partial charge in [-0.3, -0.25) is 14.2 Å². The molecule has 2 aromatic carbocycles. The van der Waals surface area contributed by atoms with Crippen LogP contribution in [0.25, 0.3) is 21.3 Å². The average molecular weight is 405 g/mol. The summed E-state index contributed by atoms with van der Waals surface area (Å²) in [6, 6.07) is 13.8. The van der Waals surface area contributed by atoms with Gasteiger partial charge in [0.15, 0.2) is 0 Å². The van der Waals surface area contributed by atoms with Gasteiger partial charge in [-0.1, -0.05) is 30.3 Å². The van der Waals surface area contributed by atoms with E-state index >= 15 is 0 Å². The summed E-state index contributed by atoms with van der Waals surface area (Å²) in [4.78, 5) is 32.7. The van der Waals surface area contributed by atoms with Crippen molar-refractivity contribution in [2.75, 3.05) is 11.4 Å². The largest absolute Gasteiger partial charge is 0.310 e. The van der Waals surface area contributed by atoms with Gasteiger partial charge in [0, 0.05) is 23.2 Å². The molecular weight excluding hydrogens is 389 g/mol. The number of halogens is 1. The molecule has 0 fully saturated rings. The minimum atomic E-state index is -0.333. The van der Waals surface area contributed by atoms with Crippen LogP contribution in [0.15, 0.2) is 65.0 Å². The minimum Gasteiger partial charge on any atom is -0.310 e. The highest BCUT2D eigenvalue weighted by Crippen LogP contribution is 2.31. The molecular formula is C22H16FN3O2S. The summed E-state index contributed by atoms with van der Waals surface area (Å²) in [5, 5.41) is 2.30. The summed E-state index contributed by atoms with van der Waals surface area (Å²) in [6.45, 7) is 0.538. The summed E-state index contributed by atoms with van der Waals surface area (Å²) < 4.78 is 14.6. The normalized spacial score (nSPS) is 13.1. The second kappa shape index (κ2) is 6.93. The molecule has 0 saturated heterocycles. The van der Waals surface area contributed by atoms with E-state index in [1.807, 2.05) is 29.6 Å². The fraction of sp³-hybridized carbons (Fsp3) is 0.136. The second-order valence-corrected chi connectivity index (χ2v) is 7.80. The van der Waals surface area contributed by atoms with E-state index < -0.39 is 0 Å². The first-order chi connectivity index (χ1) is 14.1. The van der Waals surface area contributed by atoms with E-state index in [4.69, 9.17) is 0 Å². The number of carbonyl (C=O) groups is 1. The van der Waals surface area contributed by atoms with Crippen molar-refractivity contribution in [1.82, 2.24) is 9.55 Å². The lowest BCUT2D eigenvalue weighted by atomic mass is 10.1. The zero-order chi connectivity index (χ0) is 20.0. The molecule has 1 amide bonds. The van der Waals surface area contributed by atoms with Crippen molar-refractivity contribution in [3.05, 3.63) is 82.0 Å². The number of benzene rings is 2. The lowest BCUT2D eigenvalue weighted by Gasteiger charge is -2.17. The maximum absolute atomic E-state index is 13.3. The number of hydrogen-bond acceptors (Lipinski definition) is 4. The van der Waals surface area contributed by atoms with Gasteiger partial charge in [0.25, 0.3) is 5.56 Å². The number of hydrogen-bond donors (Lipinski definition) is 0. The third-order valence-corrected chi connectivity index (χ3v) is 6.10. The van der Waals surface area contributed by atoms with E-state index in [1.165, 1.54) is 34.4 Å². The summed E-state index contributed by atoms with van der Waals surface area (Å²) in [7, 11) is 0. The molecule has 7 heteroatoms. The molecule has 0 unspecified atom stereocenters. The van der Waals surface area contributed by atoms with Crippen LogP contribution in [0.1, 0.15) is 5.56 Å². The minimum absolute atomic E-state index is 0.0746. The fourth-order valence-corrected chi connectivity index (χ4v) is 4.66. The Morgan fingerprint density at radius 2 is 1.93 bits per heavy atom. The number of para-hydroxylation sites is 1. The molecule has 0 saturated carbocycles. The van der Waals surface area contributed by atoms with Gasteiger partial charge in [-0.05, 0) is 35.7 Å². The maximum Gasteiger partial charge on any atom is 0.263 e. The van der Waals surface area contributed by atoms with Crippen LogP contribution in [0.3, 0.4) is 0 Å². The number of fused-ring (bicyclic) bond motifs is 2. The highest BCUT2D eigenvalue weighted by molar-refractivity contribution is 7.17. The monoisotopic (exact) mass is 405 g/mol. The second-order valence-electron chi connectivity index (χ2n) is 6.94. The van der Waals surface area contributed by atoms with Crippen LogP contribution in [0, 0.1) is 5.82 Å². The van der Waals surface area contributed by atoms with Gasteiger partial charge in [0.1, 0.15) is 17.2 Å². The van der Waals surface area contributed by atoms with E-state index in [2.05, 4.69) is 4.98 Å². The van der Waals surface area contributed by atoms with E-state index in [0.717, 1.165) is 23.2 Å². The van der Waals surface area contributed by atoms with Crippen molar-refractivity contribution in [2.45, 2.75) is 13.0 Å². The maximum atomic E-state index is 13.3. The first-order valence-corrected chi connectivity index (χ1v) is 10.1. The third-order valence-electron chi connectivity index (χ3n) is 5.21.